The highest BCUT2D eigenvalue weighted by molar-refractivity contribution is 8.01. The van der Waals surface area contributed by atoms with Crippen molar-refractivity contribution in [2.45, 2.75) is 21.7 Å². The van der Waals surface area contributed by atoms with Gasteiger partial charge in [0.15, 0.2) is 4.34 Å². The molecule has 2 saturated heterocycles. The van der Waals surface area contributed by atoms with Crippen molar-refractivity contribution in [3.63, 3.8) is 0 Å². The maximum absolute atomic E-state index is 12.4. The minimum absolute atomic E-state index is 0.0242. The fraction of sp³-hybridized carbons (Fsp3) is 0.375. The van der Waals surface area contributed by atoms with Gasteiger partial charge in [-0.05, 0) is 31.0 Å². The summed E-state index contributed by atoms with van der Waals surface area (Å²) in [6.45, 7) is 3.33. The van der Waals surface area contributed by atoms with Gasteiger partial charge in [-0.2, -0.15) is 0 Å². The monoisotopic (exact) mass is 331 g/mol. The molecule has 0 spiro atoms. The highest BCUT2D eigenvalue weighted by atomic mass is 32.2. The molecule has 1 N–H and O–H groups in total. The molecule has 3 atom stereocenters. The number of hydrogen-bond donors (Lipinski definition) is 1. The van der Waals surface area contributed by atoms with Crippen LogP contribution in [0.4, 0.5) is 0 Å². The van der Waals surface area contributed by atoms with Crippen LogP contribution in [-0.4, -0.2) is 41.5 Å². The summed E-state index contributed by atoms with van der Waals surface area (Å²) in [4.78, 5) is 21.0. The van der Waals surface area contributed by atoms with E-state index in [9.17, 15) is 4.79 Å². The molecule has 3 unspecified atom stereocenters. The molecule has 4 nitrogen and oxygen atoms in total. The third-order valence-electron chi connectivity index (χ3n) is 4.31. The number of fused-ring (bicyclic) bond motifs is 2. The topological polar surface area (TPSA) is 45.2 Å². The van der Waals surface area contributed by atoms with Crippen LogP contribution in [0.1, 0.15) is 16.1 Å². The quantitative estimate of drug-likeness (QED) is 0.936. The molecule has 1 aromatic heterocycles. The number of rotatable bonds is 4. The molecule has 3 heterocycles. The Balaban J connectivity index is 1.39. The molecule has 1 aromatic carbocycles. The van der Waals surface area contributed by atoms with Crippen LogP contribution >= 0.6 is 23.1 Å². The van der Waals surface area contributed by atoms with Crippen LogP contribution < -0.4 is 5.32 Å². The molecular weight excluding hydrogens is 314 g/mol. The van der Waals surface area contributed by atoms with Crippen LogP contribution in [0.3, 0.4) is 0 Å². The average Bonchev–Trinajstić information content (AvgIpc) is 3.24. The van der Waals surface area contributed by atoms with Gasteiger partial charge in [0.25, 0.3) is 5.91 Å². The lowest BCUT2D eigenvalue weighted by molar-refractivity contribution is 0.0928. The SMILES string of the molecule is O=C(NC1CN2CCC1C2)c1cnc(Sc2ccccc2)s1. The first-order valence-corrected chi connectivity index (χ1v) is 9.13. The number of thiazole rings is 1. The van der Waals surface area contributed by atoms with E-state index >= 15 is 0 Å². The Kier molecular flexibility index (Phi) is 3.90. The Morgan fingerprint density at radius 1 is 1.32 bits per heavy atom. The van der Waals surface area contributed by atoms with Crippen molar-refractivity contribution in [3.8, 4) is 0 Å². The molecular formula is C16H17N3OS2. The minimum atomic E-state index is 0.0242. The van der Waals surface area contributed by atoms with Crippen LogP contribution in [0.25, 0.3) is 0 Å². The molecule has 2 aromatic rings. The number of aromatic nitrogens is 1. The second kappa shape index (κ2) is 6.02. The zero-order valence-electron chi connectivity index (χ0n) is 12.1. The summed E-state index contributed by atoms with van der Waals surface area (Å²) < 4.78 is 0.910. The van der Waals surface area contributed by atoms with Gasteiger partial charge in [0.05, 0.1) is 6.20 Å². The lowest BCUT2D eigenvalue weighted by Gasteiger charge is -2.22. The number of amides is 1. The lowest BCUT2D eigenvalue weighted by Crippen LogP contribution is -2.42. The summed E-state index contributed by atoms with van der Waals surface area (Å²) in [7, 11) is 0. The smallest absolute Gasteiger partial charge is 0.263 e. The van der Waals surface area contributed by atoms with E-state index in [2.05, 4.69) is 27.3 Å². The number of carbonyl (C=O) groups is 1. The van der Waals surface area contributed by atoms with E-state index < -0.39 is 0 Å². The van der Waals surface area contributed by atoms with E-state index in [1.807, 2.05) is 18.2 Å². The number of nitrogens with zero attached hydrogens (tertiary/aromatic N) is 2. The Labute approximate surface area is 137 Å². The van der Waals surface area contributed by atoms with Gasteiger partial charge in [-0.15, -0.1) is 11.3 Å². The van der Waals surface area contributed by atoms with Crippen molar-refractivity contribution in [2.24, 2.45) is 5.92 Å². The van der Waals surface area contributed by atoms with Gasteiger partial charge in [-0.1, -0.05) is 30.0 Å². The molecule has 2 fully saturated rings. The molecule has 114 valence electrons. The maximum atomic E-state index is 12.4. The highest BCUT2D eigenvalue weighted by Gasteiger charge is 2.38. The van der Waals surface area contributed by atoms with Crippen molar-refractivity contribution < 1.29 is 4.79 Å². The molecule has 2 aliphatic heterocycles. The lowest BCUT2D eigenvalue weighted by atomic mass is 10.00. The molecule has 0 aliphatic carbocycles. The van der Waals surface area contributed by atoms with E-state index in [0.29, 0.717) is 16.8 Å². The third kappa shape index (κ3) is 2.91. The zero-order valence-corrected chi connectivity index (χ0v) is 13.7. The van der Waals surface area contributed by atoms with Crippen LogP contribution in [0.15, 0.2) is 45.8 Å². The Morgan fingerprint density at radius 3 is 2.91 bits per heavy atom. The van der Waals surface area contributed by atoms with E-state index in [1.165, 1.54) is 24.3 Å². The molecule has 1 amide bonds. The summed E-state index contributed by atoms with van der Waals surface area (Å²) >= 11 is 3.07. The molecule has 4 rings (SSSR count). The average molecular weight is 331 g/mol. The van der Waals surface area contributed by atoms with E-state index in [1.54, 1.807) is 18.0 Å². The molecule has 0 radical (unpaired) electrons. The van der Waals surface area contributed by atoms with E-state index in [-0.39, 0.29) is 5.91 Å². The van der Waals surface area contributed by atoms with E-state index in [0.717, 1.165) is 22.3 Å². The van der Waals surface area contributed by atoms with E-state index in [4.69, 9.17) is 0 Å². The van der Waals surface area contributed by atoms with Crippen molar-refractivity contribution in [1.29, 1.82) is 0 Å². The first-order chi connectivity index (χ1) is 10.8. The fourth-order valence-electron chi connectivity index (χ4n) is 3.19. The maximum Gasteiger partial charge on any atom is 0.263 e. The first kappa shape index (κ1) is 14.2. The van der Waals surface area contributed by atoms with Crippen molar-refractivity contribution >= 4 is 29.0 Å². The summed E-state index contributed by atoms with van der Waals surface area (Å²) in [5.41, 5.74) is 0. The summed E-state index contributed by atoms with van der Waals surface area (Å²) in [6.07, 6.45) is 2.90. The van der Waals surface area contributed by atoms with Crippen molar-refractivity contribution in [3.05, 3.63) is 41.4 Å². The Bertz CT molecular complexity index is 673. The summed E-state index contributed by atoms with van der Waals surface area (Å²) in [5, 5.41) is 3.18. The summed E-state index contributed by atoms with van der Waals surface area (Å²) in [6, 6.07) is 10.4. The summed E-state index contributed by atoms with van der Waals surface area (Å²) in [5.74, 6) is 0.659. The normalized spacial score (nSPS) is 26.3. The number of benzene rings is 1. The van der Waals surface area contributed by atoms with Gasteiger partial charge in [-0.3, -0.25) is 4.79 Å². The molecule has 22 heavy (non-hydrogen) atoms. The zero-order chi connectivity index (χ0) is 14.9. The number of nitrogens with one attached hydrogen (secondary N) is 1. The molecule has 2 aliphatic rings. The molecule has 2 bridgehead atoms. The standard InChI is InChI=1S/C16H17N3OS2/c20-15(18-13-10-19-7-6-11(13)9-19)14-8-17-16(22-14)21-12-4-2-1-3-5-12/h1-5,8,11,13H,6-7,9-10H2,(H,18,20). The predicted octanol–water partition coefficient (Wildman–Crippen LogP) is 2.73. The van der Waals surface area contributed by atoms with Gasteiger partial charge < -0.3 is 10.2 Å². The van der Waals surface area contributed by atoms with Gasteiger partial charge in [0.2, 0.25) is 0 Å². The van der Waals surface area contributed by atoms with Crippen LogP contribution in [-0.2, 0) is 0 Å². The van der Waals surface area contributed by atoms with Crippen molar-refractivity contribution in [2.75, 3.05) is 19.6 Å². The Morgan fingerprint density at radius 2 is 2.18 bits per heavy atom. The number of carbonyl (C=O) groups excluding carboxylic acids is 1. The van der Waals surface area contributed by atoms with Crippen LogP contribution in [0.2, 0.25) is 0 Å². The van der Waals surface area contributed by atoms with Crippen molar-refractivity contribution in [1.82, 2.24) is 15.2 Å². The largest absolute Gasteiger partial charge is 0.347 e. The molecule has 0 saturated carbocycles. The van der Waals surface area contributed by atoms with Gasteiger partial charge >= 0.3 is 0 Å². The predicted molar refractivity (Wildman–Crippen MR) is 88.5 cm³/mol. The highest BCUT2D eigenvalue weighted by Crippen LogP contribution is 2.32. The number of hydrogen-bond acceptors (Lipinski definition) is 5. The second-order valence-corrected chi connectivity index (χ2v) is 8.15. The van der Waals surface area contributed by atoms with Gasteiger partial charge in [-0.25, -0.2) is 4.98 Å². The van der Waals surface area contributed by atoms with Gasteiger partial charge in [0, 0.05) is 24.0 Å². The number of piperidine rings is 1. The first-order valence-electron chi connectivity index (χ1n) is 7.50. The Hall–Kier alpha value is -1.37. The van der Waals surface area contributed by atoms with Crippen LogP contribution in [0, 0.1) is 5.92 Å². The minimum Gasteiger partial charge on any atom is -0.347 e. The second-order valence-electron chi connectivity index (χ2n) is 5.79. The van der Waals surface area contributed by atoms with Crippen LogP contribution in [0.5, 0.6) is 0 Å². The third-order valence-corrected chi connectivity index (χ3v) is 6.38. The molecule has 6 heteroatoms. The fourth-order valence-corrected chi connectivity index (χ4v) is 5.06. The van der Waals surface area contributed by atoms with Gasteiger partial charge in [0.1, 0.15) is 4.88 Å².